The van der Waals surface area contributed by atoms with Gasteiger partial charge in [-0.15, -0.1) is 0 Å². The minimum atomic E-state index is 0.220. The summed E-state index contributed by atoms with van der Waals surface area (Å²) in [5, 5.41) is 0. The first-order valence-electron chi connectivity index (χ1n) is 8.71. The molecular formula is C19H30N2O. The molecular weight excluding hydrogens is 272 g/mol. The first-order chi connectivity index (χ1) is 10.7. The summed E-state index contributed by atoms with van der Waals surface area (Å²) in [4.78, 5) is 14.2. The zero-order valence-corrected chi connectivity index (χ0v) is 13.9. The lowest BCUT2D eigenvalue weighted by atomic mass is 9.74. The van der Waals surface area contributed by atoms with Crippen molar-refractivity contribution in [3.8, 4) is 0 Å². The number of unbranched alkanes of at least 4 members (excludes halogenated alkanes) is 1. The van der Waals surface area contributed by atoms with Crippen molar-refractivity contribution in [1.82, 2.24) is 4.90 Å². The van der Waals surface area contributed by atoms with E-state index in [-0.39, 0.29) is 5.41 Å². The van der Waals surface area contributed by atoms with E-state index < -0.39 is 0 Å². The summed E-state index contributed by atoms with van der Waals surface area (Å²) in [7, 11) is 0. The first-order valence-corrected chi connectivity index (χ1v) is 8.71. The normalized spacial score (nSPS) is 17.5. The Kier molecular flexibility index (Phi) is 6.44. The second-order valence-electron chi connectivity index (χ2n) is 6.67. The third-order valence-electron chi connectivity index (χ3n) is 5.14. The molecule has 0 saturated carbocycles. The van der Waals surface area contributed by atoms with Gasteiger partial charge in [0.05, 0.1) is 0 Å². The van der Waals surface area contributed by atoms with Crippen LogP contribution in [0.3, 0.4) is 0 Å². The van der Waals surface area contributed by atoms with E-state index in [4.69, 9.17) is 5.73 Å². The first kappa shape index (κ1) is 17.0. The highest BCUT2D eigenvalue weighted by Crippen LogP contribution is 2.35. The molecule has 1 aliphatic heterocycles. The zero-order valence-electron chi connectivity index (χ0n) is 13.9. The van der Waals surface area contributed by atoms with Gasteiger partial charge in [-0.3, -0.25) is 4.79 Å². The maximum Gasteiger partial charge on any atom is 0.222 e. The van der Waals surface area contributed by atoms with Gasteiger partial charge in [0.1, 0.15) is 0 Å². The molecule has 0 spiro atoms. The Morgan fingerprint density at radius 1 is 1.23 bits per heavy atom. The van der Waals surface area contributed by atoms with Crippen LogP contribution in [0.15, 0.2) is 30.3 Å². The van der Waals surface area contributed by atoms with E-state index in [1.165, 1.54) is 5.56 Å². The summed E-state index contributed by atoms with van der Waals surface area (Å²) >= 11 is 0. The monoisotopic (exact) mass is 302 g/mol. The van der Waals surface area contributed by atoms with Crippen LogP contribution in [0.1, 0.15) is 51.0 Å². The van der Waals surface area contributed by atoms with Crippen molar-refractivity contribution in [3.63, 3.8) is 0 Å². The summed E-state index contributed by atoms with van der Waals surface area (Å²) in [6.45, 7) is 4.63. The molecule has 2 rings (SSSR count). The molecule has 1 amide bonds. The van der Waals surface area contributed by atoms with Crippen LogP contribution in [0.25, 0.3) is 0 Å². The van der Waals surface area contributed by atoms with Crippen LogP contribution in [0.5, 0.6) is 0 Å². The lowest BCUT2D eigenvalue weighted by Gasteiger charge is -2.41. The fraction of sp³-hybridized carbons (Fsp3) is 0.632. The van der Waals surface area contributed by atoms with Crippen molar-refractivity contribution in [2.75, 3.05) is 19.6 Å². The fourth-order valence-corrected chi connectivity index (χ4v) is 3.33. The Bertz CT molecular complexity index is 450. The molecule has 0 atom stereocenters. The van der Waals surface area contributed by atoms with Gasteiger partial charge in [0, 0.05) is 19.5 Å². The van der Waals surface area contributed by atoms with Crippen molar-refractivity contribution in [1.29, 1.82) is 0 Å². The predicted molar refractivity (Wildman–Crippen MR) is 91.6 cm³/mol. The SMILES string of the molecule is CCCCC(=O)N1CCC(CN)(CCc2ccccc2)CC1. The molecule has 2 N–H and O–H groups in total. The van der Waals surface area contributed by atoms with Crippen LogP contribution in [-0.2, 0) is 11.2 Å². The highest BCUT2D eigenvalue weighted by atomic mass is 16.2. The number of piperidine rings is 1. The average Bonchev–Trinajstić information content (AvgIpc) is 2.59. The fourth-order valence-electron chi connectivity index (χ4n) is 3.33. The Morgan fingerprint density at radius 2 is 1.91 bits per heavy atom. The quantitative estimate of drug-likeness (QED) is 0.839. The molecule has 0 bridgehead atoms. The largest absolute Gasteiger partial charge is 0.343 e. The summed E-state index contributed by atoms with van der Waals surface area (Å²) in [6.07, 6.45) is 7.11. The molecule has 1 aromatic carbocycles. The van der Waals surface area contributed by atoms with Crippen molar-refractivity contribution >= 4 is 5.91 Å². The second-order valence-corrected chi connectivity index (χ2v) is 6.67. The Balaban J connectivity index is 1.84. The van der Waals surface area contributed by atoms with Crippen LogP contribution < -0.4 is 5.73 Å². The van der Waals surface area contributed by atoms with E-state index >= 15 is 0 Å². The van der Waals surface area contributed by atoms with Gasteiger partial charge in [0.15, 0.2) is 0 Å². The molecule has 1 saturated heterocycles. The molecule has 0 unspecified atom stereocenters. The molecule has 22 heavy (non-hydrogen) atoms. The summed E-state index contributed by atoms with van der Waals surface area (Å²) in [6, 6.07) is 10.6. The van der Waals surface area contributed by atoms with E-state index in [2.05, 4.69) is 37.3 Å². The Morgan fingerprint density at radius 3 is 2.50 bits per heavy atom. The lowest BCUT2D eigenvalue weighted by molar-refractivity contribution is -0.133. The molecule has 0 aliphatic carbocycles. The van der Waals surface area contributed by atoms with Gasteiger partial charge in [-0.2, -0.15) is 0 Å². The van der Waals surface area contributed by atoms with E-state index in [0.717, 1.165) is 58.2 Å². The van der Waals surface area contributed by atoms with Crippen LogP contribution in [0.2, 0.25) is 0 Å². The van der Waals surface area contributed by atoms with Crippen LogP contribution in [0, 0.1) is 5.41 Å². The number of likely N-dealkylation sites (tertiary alicyclic amines) is 1. The number of rotatable bonds is 7. The number of carbonyl (C=O) groups is 1. The lowest BCUT2D eigenvalue weighted by Crippen LogP contribution is -2.46. The van der Waals surface area contributed by atoms with Gasteiger partial charge in [-0.1, -0.05) is 43.7 Å². The van der Waals surface area contributed by atoms with E-state index in [9.17, 15) is 4.79 Å². The van der Waals surface area contributed by atoms with Gasteiger partial charge in [0.25, 0.3) is 0 Å². The number of hydrogen-bond donors (Lipinski definition) is 1. The van der Waals surface area contributed by atoms with Gasteiger partial charge >= 0.3 is 0 Å². The van der Waals surface area contributed by atoms with Crippen molar-refractivity contribution in [3.05, 3.63) is 35.9 Å². The van der Waals surface area contributed by atoms with Gasteiger partial charge in [-0.05, 0) is 49.6 Å². The van der Waals surface area contributed by atoms with Gasteiger partial charge in [-0.25, -0.2) is 0 Å². The summed E-state index contributed by atoms with van der Waals surface area (Å²) in [5.41, 5.74) is 7.71. The molecule has 1 aliphatic rings. The minimum Gasteiger partial charge on any atom is -0.343 e. The molecule has 1 heterocycles. The van der Waals surface area contributed by atoms with Crippen LogP contribution in [-0.4, -0.2) is 30.4 Å². The minimum absolute atomic E-state index is 0.220. The van der Waals surface area contributed by atoms with Gasteiger partial charge < -0.3 is 10.6 Å². The third-order valence-corrected chi connectivity index (χ3v) is 5.14. The highest BCUT2D eigenvalue weighted by Gasteiger charge is 2.34. The Hall–Kier alpha value is -1.35. The molecule has 0 aromatic heterocycles. The number of amides is 1. The average molecular weight is 302 g/mol. The number of hydrogen-bond acceptors (Lipinski definition) is 2. The second kappa shape index (κ2) is 8.33. The number of benzene rings is 1. The molecule has 1 fully saturated rings. The smallest absolute Gasteiger partial charge is 0.222 e. The maximum atomic E-state index is 12.1. The topological polar surface area (TPSA) is 46.3 Å². The maximum absolute atomic E-state index is 12.1. The number of nitrogens with zero attached hydrogens (tertiary/aromatic N) is 1. The predicted octanol–water partition coefficient (Wildman–Crippen LogP) is 3.38. The molecule has 3 heteroatoms. The Labute approximate surface area is 134 Å². The molecule has 1 aromatic rings. The van der Waals surface area contributed by atoms with E-state index in [1.807, 2.05) is 4.90 Å². The molecule has 3 nitrogen and oxygen atoms in total. The number of nitrogens with two attached hydrogens (primary N) is 1. The van der Waals surface area contributed by atoms with Crippen LogP contribution in [0.4, 0.5) is 0 Å². The highest BCUT2D eigenvalue weighted by molar-refractivity contribution is 5.76. The van der Waals surface area contributed by atoms with Crippen molar-refractivity contribution in [2.45, 2.75) is 51.9 Å². The summed E-state index contributed by atoms with van der Waals surface area (Å²) < 4.78 is 0. The van der Waals surface area contributed by atoms with Crippen molar-refractivity contribution < 1.29 is 4.79 Å². The van der Waals surface area contributed by atoms with Gasteiger partial charge in [0.2, 0.25) is 5.91 Å². The van der Waals surface area contributed by atoms with Crippen LogP contribution >= 0.6 is 0 Å². The molecule has 0 radical (unpaired) electrons. The standard InChI is InChI=1S/C19H30N2O/c1-2-3-9-18(22)21-14-12-19(16-20,13-15-21)11-10-17-7-5-4-6-8-17/h4-8H,2-3,9-16,20H2,1H3. The number of carbonyl (C=O) groups excluding carboxylic acids is 1. The zero-order chi connectivity index (χ0) is 15.8. The number of aryl methyl sites for hydroxylation is 1. The third kappa shape index (κ3) is 4.57. The van der Waals surface area contributed by atoms with E-state index in [1.54, 1.807) is 0 Å². The molecule has 122 valence electrons. The van der Waals surface area contributed by atoms with E-state index in [0.29, 0.717) is 12.3 Å². The summed E-state index contributed by atoms with van der Waals surface area (Å²) in [5.74, 6) is 0.329. The van der Waals surface area contributed by atoms with Crippen molar-refractivity contribution in [2.24, 2.45) is 11.1 Å².